The van der Waals surface area contributed by atoms with Crippen LogP contribution < -0.4 is 5.73 Å². The van der Waals surface area contributed by atoms with E-state index in [1.807, 2.05) is 26.0 Å². The zero-order valence-electron chi connectivity index (χ0n) is 10.5. The summed E-state index contributed by atoms with van der Waals surface area (Å²) in [5, 5.41) is 17.0. The number of rotatable bonds is 7. The number of amides is 1. The lowest BCUT2D eigenvalue weighted by Crippen LogP contribution is -2.45. The summed E-state index contributed by atoms with van der Waals surface area (Å²) in [7, 11) is 0. The molecule has 0 saturated carbocycles. The van der Waals surface area contributed by atoms with Gasteiger partial charge < -0.3 is 10.6 Å². The largest absolute Gasteiger partial charge is 0.339 e. The van der Waals surface area contributed by atoms with Crippen LogP contribution in [-0.4, -0.2) is 29.9 Å². The average molecular weight is 236 g/mol. The van der Waals surface area contributed by atoms with Gasteiger partial charge in [-0.25, -0.2) is 0 Å². The van der Waals surface area contributed by atoms with E-state index < -0.39 is 6.04 Å². The van der Waals surface area contributed by atoms with Crippen LogP contribution in [-0.2, 0) is 4.79 Å². The van der Waals surface area contributed by atoms with Crippen molar-refractivity contribution in [3.05, 3.63) is 0 Å². The van der Waals surface area contributed by atoms with Crippen LogP contribution in [0.3, 0.4) is 0 Å². The van der Waals surface area contributed by atoms with Gasteiger partial charge in [0, 0.05) is 13.1 Å². The topological polar surface area (TPSA) is 93.9 Å². The van der Waals surface area contributed by atoms with Crippen molar-refractivity contribution in [1.29, 1.82) is 10.5 Å². The van der Waals surface area contributed by atoms with Gasteiger partial charge >= 0.3 is 0 Å². The first kappa shape index (κ1) is 15.4. The van der Waals surface area contributed by atoms with Gasteiger partial charge in [-0.1, -0.05) is 13.8 Å². The fraction of sp³-hybridized carbons (Fsp3) is 0.750. The monoisotopic (exact) mass is 236 g/mol. The summed E-state index contributed by atoms with van der Waals surface area (Å²) in [6, 6.07) is 3.45. The van der Waals surface area contributed by atoms with Gasteiger partial charge in [-0.3, -0.25) is 4.79 Å². The molecule has 0 heterocycles. The van der Waals surface area contributed by atoms with E-state index in [9.17, 15) is 4.79 Å². The van der Waals surface area contributed by atoms with Gasteiger partial charge in [-0.15, -0.1) is 0 Å². The van der Waals surface area contributed by atoms with E-state index >= 15 is 0 Å². The predicted molar refractivity (Wildman–Crippen MR) is 64.5 cm³/mol. The minimum absolute atomic E-state index is 0.163. The second kappa shape index (κ2) is 8.55. The summed E-state index contributed by atoms with van der Waals surface area (Å²) >= 11 is 0. The SMILES string of the molecule is CC(C)CC(N)C(=O)N(CCC#N)CCC#N. The van der Waals surface area contributed by atoms with Gasteiger partial charge in [0.2, 0.25) is 5.91 Å². The molecule has 1 atom stereocenters. The van der Waals surface area contributed by atoms with E-state index in [2.05, 4.69) is 0 Å². The van der Waals surface area contributed by atoms with E-state index in [4.69, 9.17) is 16.3 Å². The second-order valence-electron chi connectivity index (χ2n) is 4.38. The number of carbonyl (C=O) groups is 1. The second-order valence-corrected chi connectivity index (χ2v) is 4.38. The van der Waals surface area contributed by atoms with E-state index in [1.165, 1.54) is 4.90 Å². The highest BCUT2D eigenvalue weighted by Gasteiger charge is 2.21. The van der Waals surface area contributed by atoms with E-state index in [1.54, 1.807) is 0 Å². The third kappa shape index (κ3) is 6.55. The Labute approximate surface area is 103 Å². The maximum absolute atomic E-state index is 12.0. The van der Waals surface area contributed by atoms with Gasteiger partial charge in [-0.05, 0) is 12.3 Å². The fourth-order valence-corrected chi connectivity index (χ4v) is 1.55. The quantitative estimate of drug-likeness (QED) is 0.714. The maximum Gasteiger partial charge on any atom is 0.239 e. The van der Waals surface area contributed by atoms with Crippen LogP contribution in [0.2, 0.25) is 0 Å². The van der Waals surface area contributed by atoms with Gasteiger partial charge in [-0.2, -0.15) is 10.5 Å². The molecular weight excluding hydrogens is 216 g/mol. The van der Waals surface area contributed by atoms with Crippen molar-refractivity contribution >= 4 is 5.91 Å². The summed E-state index contributed by atoms with van der Waals surface area (Å²) in [6.07, 6.45) is 1.16. The molecule has 0 bridgehead atoms. The molecule has 0 aromatic carbocycles. The molecule has 94 valence electrons. The Kier molecular flexibility index (Phi) is 7.75. The van der Waals surface area contributed by atoms with Gasteiger partial charge in [0.25, 0.3) is 0 Å². The molecule has 0 rings (SSSR count). The van der Waals surface area contributed by atoms with Crippen LogP contribution in [0, 0.1) is 28.6 Å². The highest BCUT2D eigenvalue weighted by molar-refractivity contribution is 5.81. The number of hydrogen-bond donors (Lipinski definition) is 1. The first-order valence-corrected chi connectivity index (χ1v) is 5.81. The molecule has 0 spiro atoms. The lowest BCUT2D eigenvalue weighted by molar-refractivity contribution is -0.132. The van der Waals surface area contributed by atoms with Crippen molar-refractivity contribution < 1.29 is 4.79 Å². The predicted octanol–water partition coefficient (Wildman–Crippen LogP) is 1.02. The van der Waals surface area contributed by atoms with Crippen molar-refractivity contribution in [2.45, 2.75) is 39.2 Å². The number of nitriles is 2. The Morgan fingerprint density at radius 3 is 2.06 bits per heavy atom. The maximum atomic E-state index is 12.0. The minimum Gasteiger partial charge on any atom is -0.339 e. The molecule has 1 unspecified atom stereocenters. The van der Waals surface area contributed by atoms with Crippen LogP contribution >= 0.6 is 0 Å². The van der Waals surface area contributed by atoms with Crippen molar-refractivity contribution in [1.82, 2.24) is 4.90 Å². The summed E-state index contributed by atoms with van der Waals surface area (Å²) in [5.41, 5.74) is 5.81. The first-order valence-electron chi connectivity index (χ1n) is 5.81. The highest BCUT2D eigenvalue weighted by Crippen LogP contribution is 2.06. The molecule has 17 heavy (non-hydrogen) atoms. The molecule has 0 aliphatic rings. The number of nitrogens with zero attached hydrogens (tertiary/aromatic N) is 3. The summed E-state index contributed by atoms with van der Waals surface area (Å²) < 4.78 is 0. The Morgan fingerprint density at radius 2 is 1.71 bits per heavy atom. The van der Waals surface area contributed by atoms with E-state index in [0.717, 1.165) is 0 Å². The Bertz CT molecular complexity index is 295. The third-order valence-corrected chi connectivity index (χ3v) is 2.34. The van der Waals surface area contributed by atoms with Crippen molar-refractivity contribution in [2.75, 3.05) is 13.1 Å². The van der Waals surface area contributed by atoms with E-state index in [-0.39, 0.29) is 18.7 Å². The summed E-state index contributed by atoms with van der Waals surface area (Å²) in [6.45, 7) is 4.70. The Balaban J connectivity index is 4.40. The number of hydrogen-bond acceptors (Lipinski definition) is 4. The van der Waals surface area contributed by atoms with Crippen LogP contribution in [0.4, 0.5) is 0 Å². The van der Waals surface area contributed by atoms with Crippen LogP contribution in [0.15, 0.2) is 0 Å². The first-order chi connectivity index (χ1) is 8.02. The molecule has 0 aromatic heterocycles. The molecule has 0 aliphatic heterocycles. The normalized spacial score (nSPS) is 11.6. The van der Waals surface area contributed by atoms with Crippen molar-refractivity contribution in [3.63, 3.8) is 0 Å². The molecule has 0 radical (unpaired) electrons. The molecular formula is C12H20N4O. The number of carbonyl (C=O) groups excluding carboxylic acids is 1. The molecule has 0 fully saturated rings. The van der Waals surface area contributed by atoms with Gasteiger partial charge in [0.1, 0.15) is 0 Å². The van der Waals surface area contributed by atoms with Crippen LogP contribution in [0.1, 0.15) is 33.1 Å². The smallest absolute Gasteiger partial charge is 0.239 e. The zero-order valence-corrected chi connectivity index (χ0v) is 10.5. The van der Waals surface area contributed by atoms with Crippen molar-refractivity contribution in [3.8, 4) is 12.1 Å². The number of nitrogens with two attached hydrogens (primary N) is 1. The molecule has 0 aliphatic carbocycles. The fourth-order valence-electron chi connectivity index (χ4n) is 1.55. The lowest BCUT2D eigenvalue weighted by atomic mass is 10.0. The van der Waals surface area contributed by atoms with Crippen LogP contribution in [0.25, 0.3) is 0 Å². The zero-order chi connectivity index (χ0) is 13.3. The molecule has 2 N–H and O–H groups in total. The Morgan fingerprint density at radius 1 is 1.24 bits per heavy atom. The Hall–Kier alpha value is -1.59. The van der Waals surface area contributed by atoms with Gasteiger partial charge in [0.15, 0.2) is 0 Å². The van der Waals surface area contributed by atoms with Crippen molar-refractivity contribution in [2.24, 2.45) is 11.7 Å². The molecule has 5 heteroatoms. The summed E-state index contributed by atoms with van der Waals surface area (Å²) in [5.74, 6) is 0.187. The summed E-state index contributed by atoms with van der Waals surface area (Å²) in [4.78, 5) is 13.5. The molecule has 0 saturated heterocycles. The molecule has 1 amide bonds. The standard InChI is InChI=1S/C12H20N4O/c1-10(2)9-11(15)12(17)16(7-3-5-13)8-4-6-14/h10-11H,3-4,7-9,15H2,1-2H3. The highest BCUT2D eigenvalue weighted by atomic mass is 16.2. The van der Waals surface area contributed by atoms with Crippen LogP contribution in [0.5, 0.6) is 0 Å². The third-order valence-electron chi connectivity index (χ3n) is 2.34. The molecule has 0 aromatic rings. The average Bonchev–Trinajstić information content (AvgIpc) is 2.27. The lowest BCUT2D eigenvalue weighted by Gasteiger charge is -2.24. The van der Waals surface area contributed by atoms with E-state index in [0.29, 0.717) is 25.4 Å². The van der Waals surface area contributed by atoms with Gasteiger partial charge in [0.05, 0.1) is 31.0 Å². The molecule has 5 nitrogen and oxygen atoms in total. The minimum atomic E-state index is -0.535.